The maximum Gasteiger partial charge on any atom is 0.119 e. The van der Waals surface area contributed by atoms with E-state index >= 15 is 0 Å². The average Bonchev–Trinajstić information content (AvgIpc) is 2.34. The molecule has 0 fully saturated rings. The van der Waals surface area contributed by atoms with E-state index in [4.69, 9.17) is 15.9 Å². The maximum absolute atomic E-state index is 5.58. The summed E-state index contributed by atoms with van der Waals surface area (Å²) >= 11 is 0. The highest BCUT2D eigenvalue weighted by atomic mass is 16.5. The summed E-state index contributed by atoms with van der Waals surface area (Å²) in [4.78, 5) is 0. The fraction of sp³-hybridized carbons (Fsp3) is 0.429. The van der Waals surface area contributed by atoms with Crippen LogP contribution < -0.4 is 4.74 Å². The Hall–Kier alpha value is -1.46. The first kappa shape index (κ1) is 12.6. The van der Waals surface area contributed by atoms with Crippen molar-refractivity contribution in [2.75, 3.05) is 20.3 Å². The first-order valence-corrected chi connectivity index (χ1v) is 5.55. The zero-order chi connectivity index (χ0) is 11.6. The van der Waals surface area contributed by atoms with Gasteiger partial charge in [0.25, 0.3) is 0 Å². The van der Waals surface area contributed by atoms with Crippen molar-refractivity contribution in [3.05, 3.63) is 29.8 Å². The van der Waals surface area contributed by atoms with Gasteiger partial charge < -0.3 is 9.47 Å². The minimum atomic E-state index is 0.749. The van der Waals surface area contributed by atoms with Crippen LogP contribution in [0.2, 0.25) is 0 Å². The smallest absolute Gasteiger partial charge is 0.119 e. The Labute approximate surface area is 97.6 Å². The van der Waals surface area contributed by atoms with Gasteiger partial charge in [-0.3, -0.25) is 0 Å². The first-order valence-electron chi connectivity index (χ1n) is 5.55. The number of rotatable bonds is 7. The molecule has 0 aliphatic rings. The van der Waals surface area contributed by atoms with Crippen LogP contribution in [-0.4, -0.2) is 20.3 Å². The second kappa shape index (κ2) is 7.78. The molecular formula is C14H18O2. The van der Waals surface area contributed by atoms with E-state index in [2.05, 4.69) is 5.92 Å². The van der Waals surface area contributed by atoms with Gasteiger partial charge >= 0.3 is 0 Å². The van der Waals surface area contributed by atoms with E-state index in [1.807, 2.05) is 24.3 Å². The second-order valence-corrected chi connectivity index (χ2v) is 3.57. The molecule has 2 heteroatoms. The van der Waals surface area contributed by atoms with Gasteiger partial charge in [0, 0.05) is 19.3 Å². The molecule has 0 aliphatic heterocycles. The van der Waals surface area contributed by atoms with Crippen molar-refractivity contribution in [3.63, 3.8) is 0 Å². The molecule has 0 saturated carbocycles. The van der Waals surface area contributed by atoms with Crippen molar-refractivity contribution in [2.24, 2.45) is 0 Å². The third-order valence-corrected chi connectivity index (χ3v) is 2.28. The van der Waals surface area contributed by atoms with Crippen molar-refractivity contribution >= 4 is 0 Å². The SMILES string of the molecule is C#Cc1ccc(OCCCCCOC)cc1. The third kappa shape index (κ3) is 4.86. The van der Waals surface area contributed by atoms with E-state index in [1.54, 1.807) is 7.11 Å². The molecule has 1 aromatic carbocycles. The number of benzene rings is 1. The van der Waals surface area contributed by atoms with Gasteiger partial charge in [-0.25, -0.2) is 0 Å². The molecule has 0 heterocycles. The third-order valence-electron chi connectivity index (χ3n) is 2.28. The molecule has 86 valence electrons. The minimum Gasteiger partial charge on any atom is -0.494 e. The van der Waals surface area contributed by atoms with Crippen LogP contribution in [0.15, 0.2) is 24.3 Å². The van der Waals surface area contributed by atoms with Gasteiger partial charge in [-0.2, -0.15) is 0 Å². The lowest BCUT2D eigenvalue weighted by Gasteiger charge is -2.05. The summed E-state index contributed by atoms with van der Waals surface area (Å²) in [5.41, 5.74) is 0.882. The Bertz CT molecular complexity index is 322. The zero-order valence-electron chi connectivity index (χ0n) is 9.74. The normalized spacial score (nSPS) is 9.75. The second-order valence-electron chi connectivity index (χ2n) is 3.57. The summed E-state index contributed by atoms with van der Waals surface area (Å²) in [7, 11) is 1.73. The topological polar surface area (TPSA) is 18.5 Å². The van der Waals surface area contributed by atoms with Gasteiger partial charge in [0.15, 0.2) is 0 Å². The summed E-state index contributed by atoms with van der Waals surface area (Å²) in [6.45, 7) is 1.58. The first-order chi connectivity index (χ1) is 7.86. The Kier molecular flexibility index (Phi) is 6.13. The van der Waals surface area contributed by atoms with Crippen LogP contribution in [-0.2, 0) is 4.74 Å². The van der Waals surface area contributed by atoms with Gasteiger partial charge in [-0.1, -0.05) is 5.92 Å². The Morgan fingerprint density at radius 2 is 1.75 bits per heavy atom. The highest BCUT2D eigenvalue weighted by Gasteiger charge is 1.94. The van der Waals surface area contributed by atoms with Gasteiger partial charge in [0.05, 0.1) is 6.61 Å². The largest absolute Gasteiger partial charge is 0.494 e. The molecule has 0 N–H and O–H groups in total. The van der Waals surface area contributed by atoms with Crippen LogP contribution in [0.3, 0.4) is 0 Å². The molecule has 0 atom stereocenters. The molecule has 2 nitrogen and oxygen atoms in total. The number of hydrogen-bond acceptors (Lipinski definition) is 2. The van der Waals surface area contributed by atoms with E-state index < -0.39 is 0 Å². The summed E-state index contributed by atoms with van der Waals surface area (Å²) in [6.07, 6.45) is 8.55. The molecule has 1 rings (SSSR count). The van der Waals surface area contributed by atoms with Crippen LogP contribution in [0.1, 0.15) is 24.8 Å². The van der Waals surface area contributed by atoms with Crippen LogP contribution in [0.5, 0.6) is 5.75 Å². The van der Waals surface area contributed by atoms with E-state index in [0.717, 1.165) is 43.8 Å². The fourth-order valence-electron chi connectivity index (χ4n) is 1.36. The molecule has 1 aromatic rings. The molecule has 0 spiro atoms. The molecule has 0 amide bonds. The van der Waals surface area contributed by atoms with Crippen molar-refractivity contribution < 1.29 is 9.47 Å². The maximum atomic E-state index is 5.58. The van der Waals surface area contributed by atoms with E-state index in [0.29, 0.717) is 0 Å². The number of methoxy groups -OCH3 is 1. The number of hydrogen-bond donors (Lipinski definition) is 0. The zero-order valence-corrected chi connectivity index (χ0v) is 9.74. The fourth-order valence-corrected chi connectivity index (χ4v) is 1.36. The lowest BCUT2D eigenvalue weighted by atomic mass is 10.2. The molecular weight excluding hydrogens is 200 g/mol. The predicted molar refractivity (Wildman–Crippen MR) is 65.6 cm³/mol. The van der Waals surface area contributed by atoms with Gasteiger partial charge in [0.1, 0.15) is 5.75 Å². The Morgan fingerprint density at radius 3 is 2.38 bits per heavy atom. The van der Waals surface area contributed by atoms with Gasteiger partial charge in [-0.15, -0.1) is 6.42 Å². The standard InChI is InChI=1S/C14H18O2/c1-3-13-7-9-14(10-8-13)16-12-6-4-5-11-15-2/h1,7-10H,4-6,11-12H2,2H3. The van der Waals surface area contributed by atoms with Crippen molar-refractivity contribution in [2.45, 2.75) is 19.3 Å². The monoisotopic (exact) mass is 218 g/mol. The molecule has 16 heavy (non-hydrogen) atoms. The van der Waals surface area contributed by atoms with Crippen LogP contribution in [0.4, 0.5) is 0 Å². The number of unbranched alkanes of at least 4 members (excludes halogenated alkanes) is 2. The molecule has 0 bridgehead atoms. The predicted octanol–water partition coefficient (Wildman–Crippen LogP) is 2.86. The average molecular weight is 218 g/mol. The quantitative estimate of drug-likeness (QED) is 0.517. The molecule has 0 aliphatic carbocycles. The molecule has 0 aromatic heterocycles. The summed E-state index contributed by atoms with van der Waals surface area (Å²) in [5.74, 6) is 3.46. The Balaban J connectivity index is 2.15. The summed E-state index contributed by atoms with van der Waals surface area (Å²) < 4.78 is 10.5. The number of terminal acetylenes is 1. The van der Waals surface area contributed by atoms with Crippen molar-refractivity contribution in [3.8, 4) is 18.1 Å². The van der Waals surface area contributed by atoms with E-state index in [9.17, 15) is 0 Å². The molecule has 0 unspecified atom stereocenters. The highest BCUT2D eigenvalue weighted by molar-refractivity contribution is 5.36. The Morgan fingerprint density at radius 1 is 1.06 bits per heavy atom. The minimum absolute atomic E-state index is 0.749. The van der Waals surface area contributed by atoms with E-state index in [1.165, 1.54) is 0 Å². The van der Waals surface area contributed by atoms with Crippen molar-refractivity contribution in [1.29, 1.82) is 0 Å². The lowest BCUT2D eigenvalue weighted by Crippen LogP contribution is -1.98. The summed E-state index contributed by atoms with van der Waals surface area (Å²) in [5, 5.41) is 0. The van der Waals surface area contributed by atoms with Crippen LogP contribution >= 0.6 is 0 Å². The number of ether oxygens (including phenoxy) is 2. The van der Waals surface area contributed by atoms with Crippen molar-refractivity contribution in [1.82, 2.24) is 0 Å². The van der Waals surface area contributed by atoms with Crippen LogP contribution in [0, 0.1) is 12.3 Å². The van der Waals surface area contributed by atoms with Gasteiger partial charge in [0.2, 0.25) is 0 Å². The van der Waals surface area contributed by atoms with Crippen LogP contribution in [0.25, 0.3) is 0 Å². The van der Waals surface area contributed by atoms with Gasteiger partial charge in [-0.05, 0) is 43.5 Å². The summed E-state index contributed by atoms with van der Waals surface area (Å²) in [6, 6.07) is 7.59. The highest BCUT2D eigenvalue weighted by Crippen LogP contribution is 2.12. The van der Waals surface area contributed by atoms with E-state index in [-0.39, 0.29) is 0 Å². The lowest BCUT2D eigenvalue weighted by molar-refractivity contribution is 0.189. The molecule has 0 saturated heterocycles. The molecule has 0 radical (unpaired) electrons.